The molecule has 2 atom stereocenters. The molecule has 0 unspecified atom stereocenters. The number of imidazole rings is 1. The van der Waals surface area contributed by atoms with Gasteiger partial charge in [-0.3, -0.25) is 9.89 Å². The predicted octanol–water partition coefficient (Wildman–Crippen LogP) is -0.995. The van der Waals surface area contributed by atoms with Crippen LogP contribution < -0.4 is 0 Å². The molecular weight excluding hydrogens is 252 g/mol. The Morgan fingerprint density at radius 3 is 2.79 bits per heavy atom. The van der Waals surface area contributed by atoms with Crippen LogP contribution in [0.2, 0.25) is 0 Å². The van der Waals surface area contributed by atoms with Gasteiger partial charge in [0.05, 0.1) is 12.8 Å². The van der Waals surface area contributed by atoms with Crippen LogP contribution in [-0.4, -0.2) is 60.1 Å². The predicted molar refractivity (Wildman–Crippen MR) is 64.3 cm³/mol. The highest BCUT2D eigenvalue weighted by atomic mass is 16.4. The Labute approximate surface area is 108 Å². The monoisotopic (exact) mass is 266 g/mol. The molecule has 0 aliphatic carbocycles. The number of ketones is 1. The van der Waals surface area contributed by atoms with Crippen LogP contribution in [0.5, 0.6) is 0 Å². The molecule has 0 radical (unpaired) electrons. The van der Waals surface area contributed by atoms with E-state index in [1.54, 1.807) is 6.07 Å². The van der Waals surface area contributed by atoms with E-state index >= 15 is 0 Å². The van der Waals surface area contributed by atoms with Gasteiger partial charge < -0.3 is 20.3 Å². The average molecular weight is 266 g/mol. The van der Waals surface area contributed by atoms with Crippen LogP contribution in [-0.2, 0) is 0 Å². The lowest BCUT2D eigenvalue weighted by atomic mass is 10.1. The molecule has 102 valence electrons. The van der Waals surface area contributed by atoms with Crippen molar-refractivity contribution in [1.82, 2.24) is 20.2 Å². The quantitative estimate of drug-likeness (QED) is 0.441. The highest BCUT2D eigenvalue weighted by molar-refractivity contribution is 5.98. The molecule has 19 heavy (non-hydrogen) atoms. The Morgan fingerprint density at radius 1 is 1.47 bits per heavy atom. The molecule has 2 rings (SSSR count). The number of aliphatic hydroxyl groups excluding tert-OH is 3. The fourth-order valence-electron chi connectivity index (χ4n) is 1.55. The topological polar surface area (TPSA) is 135 Å². The number of carbonyl (C=O) groups is 1. The fraction of sp³-hybridized carbons (Fsp3) is 0.364. The van der Waals surface area contributed by atoms with Crippen molar-refractivity contribution in [3.05, 3.63) is 23.7 Å². The molecule has 2 heterocycles. The van der Waals surface area contributed by atoms with Gasteiger partial charge in [0.2, 0.25) is 5.78 Å². The Hall–Kier alpha value is -2.03. The van der Waals surface area contributed by atoms with Crippen LogP contribution in [0.25, 0.3) is 11.5 Å². The molecule has 2 aromatic rings. The zero-order chi connectivity index (χ0) is 14.0. The third-order valence-electron chi connectivity index (χ3n) is 2.61. The fourth-order valence-corrected chi connectivity index (χ4v) is 1.55. The maximum atomic E-state index is 11.8. The van der Waals surface area contributed by atoms with Crippen molar-refractivity contribution in [2.45, 2.75) is 19.1 Å². The van der Waals surface area contributed by atoms with E-state index in [1.165, 1.54) is 6.20 Å². The first kappa shape index (κ1) is 13.4. The summed E-state index contributed by atoms with van der Waals surface area (Å²) in [5, 5.41) is 34.1. The molecule has 0 bridgehead atoms. The van der Waals surface area contributed by atoms with E-state index in [4.69, 9.17) is 5.11 Å². The number of Topliss-reactive ketones (excluding diaryl/α,β-unsaturated/α-hetero) is 1. The van der Waals surface area contributed by atoms with Crippen LogP contribution in [0.1, 0.15) is 16.2 Å². The smallest absolute Gasteiger partial charge is 0.211 e. The van der Waals surface area contributed by atoms with Crippen LogP contribution in [0.15, 0.2) is 12.3 Å². The zero-order valence-electron chi connectivity index (χ0n) is 10.2. The van der Waals surface area contributed by atoms with E-state index in [2.05, 4.69) is 20.2 Å². The van der Waals surface area contributed by atoms with Gasteiger partial charge in [-0.2, -0.15) is 5.10 Å². The third kappa shape index (κ3) is 2.70. The van der Waals surface area contributed by atoms with Gasteiger partial charge in [0, 0.05) is 5.69 Å². The van der Waals surface area contributed by atoms with Crippen molar-refractivity contribution < 1.29 is 20.1 Å². The van der Waals surface area contributed by atoms with Crippen molar-refractivity contribution in [2.75, 3.05) is 6.61 Å². The number of aryl methyl sites for hydroxylation is 1. The van der Waals surface area contributed by atoms with Crippen LogP contribution in [0.3, 0.4) is 0 Å². The summed E-state index contributed by atoms with van der Waals surface area (Å²) in [6, 6.07) is 1.74. The van der Waals surface area contributed by atoms with Crippen molar-refractivity contribution in [1.29, 1.82) is 0 Å². The number of aliphatic hydroxyl groups is 3. The summed E-state index contributed by atoms with van der Waals surface area (Å²) in [4.78, 5) is 18.5. The van der Waals surface area contributed by atoms with E-state index in [0.29, 0.717) is 11.5 Å². The molecule has 0 aliphatic heterocycles. The lowest BCUT2D eigenvalue weighted by Gasteiger charge is -2.12. The number of carbonyl (C=O) groups excluding carboxylic acids is 1. The maximum Gasteiger partial charge on any atom is 0.211 e. The molecule has 0 spiro atoms. The first-order chi connectivity index (χ1) is 9.02. The van der Waals surface area contributed by atoms with E-state index in [1.807, 2.05) is 6.92 Å². The van der Waals surface area contributed by atoms with Gasteiger partial charge >= 0.3 is 0 Å². The first-order valence-electron chi connectivity index (χ1n) is 5.61. The maximum absolute atomic E-state index is 11.8. The lowest BCUT2D eigenvalue weighted by molar-refractivity contribution is -0.00513. The molecule has 2 aromatic heterocycles. The summed E-state index contributed by atoms with van der Waals surface area (Å²) < 4.78 is 0. The van der Waals surface area contributed by atoms with Gasteiger partial charge in [0.1, 0.15) is 23.6 Å². The first-order valence-corrected chi connectivity index (χ1v) is 5.61. The van der Waals surface area contributed by atoms with Crippen LogP contribution >= 0.6 is 0 Å². The van der Waals surface area contributed by atoms with Gasteiger partial charge in [-0.25, -0.2) is 4.98 Å². The Kier molecular flexibility index (Phi) is 3.74. The molecule has 0 aromatic carbocycles. The minimum Gasteiger partial charge on any atom is -0.394 e. The normalized spacial score (nSPS) is 14.3. The largest absolute Gasteiger partial charge is 0.394 e. The number of hydrogen-bond acceptors (Lipinski definition) is 6. The number of nitrogens with zero attached hydrogens (tertiary/aromatic N) is 2. The summed E-state index contributed by atoms with van der Waals surface area (Å²) in [5.41, 5.74) is 1.42. The van der Waals surface area contributed by atoms with Gasteiger partial charge in [0.25, 0.3) is 0 Å². The summed E-state index contributed by atoms with van der Waals surface area (Å²) in [7, 11) is 0. The highest BCUT2D eigenvalue weighted by Gasteiger charge is 2.26. The van der Waals surface area contributed by atoms with Crippen molar-refractivity contribution >= 4 is 5.78 Å². The molecule has 0 saturated heterocycles. The summed E-state index contributed by atoms with van der Waals surface area (Å²) in [5.74, 6) is -0.369. The number of nitrogens with one attached hydrogen (secondary N) is 2. The number of aromatic amines is 2. The number of H-pyrrole nitrogens is 2. The van der Waals surface area contributed by atoms with E-state index < -0.39 is 24.6 Å². The molecule has 0 amide bonds. The Bertz CT molecular complexity index is 577. The Morgan fingerprint density at radius 2 is 2.21 bits per heavy atom. The van der Waals surface area contributed by atoms with Crippen molar-refractivity contribution in [2.24, 2.45) is 0 Å². The highest BCUT2D eigenvalue weighted by Crippen LogP contribution is 2.14. The number of aromatic nitrogens is 4. The van der Waals surface area contributed by atoms with Crippen molar-refractivity contribution in [3.8, 4) is 11.5 Å². The number of rotatable bonds is 5. The summed E-state index contributed by atoms with van der Waals surface area (Å²) >= 11 is 0. The summed E-state index contributed by atoms with van der Waals surface area (Å²) in [6.07, 6.45) is -1.97. The lowest BCUT2D eigenvalue weighted by Crippen LogP contribution is -2.36. The number of hydrogen-bond donors (Lipinski definition) is 5. The third-order valence-corrected chi connectivity index (χ3v) is 2.61. The molecule has 0 fully saturated rings. The van der Waals surface area contributed by atoms with E-state index in [-0.39, 0.29) is 5.69 Å². The van der Waals surface area contributed by atoms with E-state index in [0.717, 1.165) is 5.69 Å². The molecule has 8 nitrogen and oxygen atoms in total. The molecule has 0 saturated carbocycles. The SMILES string of the molecule is Cc1cc(-c2ncc(C(=O)[C@H](O)[C@H](O)CO)[nH]2)n[nH]1. The molecular formula is C11H14N4O4. The second kappa shape index (κ2) is 5.31. The second-order valence-corrected chi connectivity index (χ2v) is 4.14. The molecule has 0 aliphatic rings. The molecule has 8 heteroatoms. The zero-order valence-corrected chi connectivity index (χ0v) is 10.2. The van der Waals surface area contributed by atoms with Gasteiger partial charge in [0.15, 0.2) is 5.82 Å². The minimum atomic E-state index is -1.70. The van der Waals surface area contributed by atoms with Crippen molar-refractivity contribution in [3.63, 3.8) is 0 Å². The minimum absolute atomic E-state index is 0.0376. The van der Waals surface area contributed by atoms with Crippen LogP contribution in [0, 0.1) is 6.92 Å². The Balaban J connectivity index is 2.19. The van der Waals surface area contributed by atoms with Gasteiger partial charge in [-0.1, -0.05) is 0 Å². The van der Waals surface area contributed by atoms with Gasteiger partial charge in [-0.05, 0) is 13.0 Å². The summed E-state index contributed by atoms with van der Waals surface area (Å²) in [6.45, 7) is 1.12. The second-order valence-electron chi connectivity index (χ2n) is 4.14. The van der Waals surface area contributed by atoms with Crippen LogP contribution in [0.4, 0.5) is 0 Å². The van der Waals surface area contributed by atoms with E-state index in [9.17, 15) is 15.0 Å². The molecule has 5 N–H and O–H groups in total. The average Bonchev–Trinajstić information content (AvgIpc) is 3.04. The van der Waals surface area contributed by atoms with Gasteiger partial charge in [-0.15, -0.1) is 0 Å². The standard InChI is InChI=1S/C11H14N4O4/c1-5-2-6(15-14-5)11-12-3-7(13-11)9(18)10(19)8(17)4-16/h2-3,8,10,16-17,19H,4H2,1H3,(H,12,13)(H,14,15)/t8-,10-/m1/s1.